The predicted molar refractivity (Wildman–Crippen MR) is 61.4 cm³/mol. The fourth-order valence-corrected chi connectivity index (χ4v) is 1.62. The molecule has 1 aromatic heterocycles. The van der Waals surface area contributed by atoms with Crippen molar-refractivity contribution in [1.29, 1.82) is 0 Å². The summed E-state index contributed by atoms with van der Waals surface area (Å²) in [7, 11) is 0. The van der Waals surface area contributed by atoms with Crippen LogP contribution in [0.15, 0.2) is 22.7 Å². The number of hydrogen-bond acceptors (Lipinski definition) is 3. The molecular weight excluding hydrogens is 272 g/mol. The molecule has 0 saturated carbocycles. The van der Waals surface area contributed by atoms with Crippen molar-refractivity contribution in [3.63, 3.8) is 0 Å². The first kappa shape index (κ1) is 11.2. The van der Waals surface area contributed by atoms with E-state index in [9.17, 15) is 5.21 Å². The fourth-order valence-electron chi connectivity index (χ4n) is 1.27. The minimum absolute atomic E-state index is 0.317. The summed E-state index contributed by atoms with van der Waals surface area (Å²) in [6.45, 7) is 5.82. The zero-order valence-electron chi connectivity index (χ0n) is 9.31. The molecule has 84 valence electrons. The first-order valence-corrected chi connectivity index (χ1v) is 5.67. The molecule has 0 atom stereocenters. The average Bonchev–Trinajstić information content (AvgIpc) is 2.15. The second kappa shape index (κ2) is 3.62. The van der Waals surface area contributed by atoms with Gasteiger partial charge >= 0.3 is 5.21 Å². The molecule has 0 saturated heterocycles. The van der Waals surface area contributed by atoms with E-state index in [1.54, 1.807) is 18.2 Å². The number of hydrogen-bond donors (Lipinski definition) is 0. The van der Waals surface area contributed by atoms with Gasteiger partial charge in [0.25, 0.3) is 5.52 Å². The average molecular weight is 284 g/mol. The Balaban J connectivity index is 2.75. The summed E-state index contributed by atoms with van der Waals surface area (Å²) in [5.41, 5.74) is 0.765. The van der Waals surface area contributed by atoms with Crippen LogP contribution in [0.4, 0.5) is 0 Å². The Labute approximate surface area is 101 Å². The summed E-state index contributed by atoms with van der Waals surface area (Å²) >= 11 is 3.35. The lowest BCUT2D eigenvalue weighted by atomic mass is 10.1. The molecule has 0 aliphatic heterocycles. The lowest BCUT2D eigenvalue weighted by Crippen LogP contribution is -2.62. The summed E-state index contributed by atoms with van der Waals surface area (Å²) in [5.74, 6) is 0. The van der Waals surface area contributed by atoms with Crippen LogP contribution < -0.4 is 9.64 Å². The quantitative estimate of drug-likeness (QED) is 0.537. The Morgan fingerprint density at radius 3 is 2.62 bits per heavy atom. The van der Waals surface area contributed by atoms with Crippen molar-refractivity contribution in [3.8, 4) is 0 Å². The van der Waals surface area contributed by atoms with Gasteiger partial charge in [-0.05, 0) is 12.1 Å². The van der Waals surface area contributed by atoms with Gasteiger partial charge in [0, 0.05) is 41.3 Å². The summed E-state index contributed by atoms with van der Waals surface area (Å²) in [4.78, 5) is 2.02. The second-order valence-corrected chi connectivity index (χ2v) is 5.47. The van der Waals surface area contributed by atoms with E-state index in [0.29, 0.717) is 15.9 Å². The lowest BCUT2D eigenvalue weighted by Gasteiger charge is -2.06. The zero-order chi connectivity index (χ0) is 11.9. The molecule has 1 heterocycles. The molecule has 0 radical (unpaired) electrons. The van der Waals surface area contributed by atoms with E-state index < -0.39 is 0 Å². The lowest BCUT2D eigenvalue weighted by molar-refractivity contribution is -0.941. The maximum absolute atomic E-state index is 11.7. The maximum Gasteiger partial charge on any atom is 0.312 e. The van der Waals surface area contributed by atoms with Gasteiger partial charge in [-0.15, -0.1) is 0 Å². The van der Waals surface area contributed by atoms with Crippen LogP contribution in [0.25, 0.3) is 11.0 Å². The fraction of sp³-hybridized carbons (Fsp3) is 0.400. The monoisotopic (exact) mass is 283 g/mol. The molecule has 0 fully saturated rings. The molecular formula is C10H12BrN4O+. The molecule has 0 aliphatic rings. The van der Waals surface area contributed by atoms with Crippen LogP contribution in [0, 0.1) is 5.21 Å². The molecule has 5 nitrogen and oxygen atoms in total. The highest BCUT2D eigenvalue weighted by molar-refractivity contribution is 9.10. The maximum atomic E-state index is 11.7. The van der Waals surface area contributed by atoms with E-state index >= 15 is 0 Å². The molecule has 6 heteroatoms. The predicted octanol–water partition coefficient (Wildman–Crippen LogP) is 1.07. The largest absolute Gasteiger partial charge is 0.590 e. The van der Waals surface area contributed by atoms with E-state index in [0.717, 1.165) is 4.47 Å². The van der Waals surface area contributed by atoms with Crippen LogP contribution in [-0.2, 0) is 5.54 Å². The Kier molecular flexibility index (Phi) is 2.53. The topological polar surface area (TPSA) is 56.6 Å². The Morgan fingerprint density at radius 1 is 1.31 bits per heavy atom. The Morgan fingerprint density at radius 2 is 2.00 bits per heavy atom. The molecule has 2 rings (SSSR count). The van der Waals surface area contributed by atoms with E-state index in [4.69, 9.17) is 0 Å². The molecule has 0 unspecified atom stereocenters. The minimum atomic E-state index is -0.317. The molecule has 16 heavy (non-hydrogen) atoms. The Bertz CT molecular complexity index is 550. The first-order chi connectivity index (χ1) is 7.38. The van der Waals surface area contributed by atoms with Gasteiger partial charge in [-0.3, -0.25) is 0 Å². The Hall–Kier alpha value is -1.30. The number of rotatable bonds is 0. The van der Waals surface area contributed by atoms with Crippen molar-refractivity contribution < 1.29 is 9.64 Å². The molecule has 0 bridgehead atoms. The first-order valence-electron chi connectivity index (χ1n) is 4.88. The van der Waals surface area contributed by atoms with Gasteiger partial charge in [-0.1, -0.05) is 15.9 Å². The van der Waals surface area contributed by atoms with Gasteiger partial charge in [-0.2, -0.15) is 0 Å². The number of halogens is 1. The SMILES string of the molecule is CC(C)(C)[n+]1nc2cc(Br)ccc2[n+]([O-])n1. The second-order valence-electron chi connectivity index (χ2n) is 4.56. The van der Waals surface area contributed by atoms with Gasteiger partial charge in [0.05, 0.1) is 4.80 Å². The van der Waals surface area contributed by atoms with Gasteiger partial charge in [0.1, 0.15) is 0 Å². The number of nitrogens with zero attached hydrogens (tertiary/aromatic N) is 4. The van der Waals surface area contributed by atoms with Crippen LogP contribution in [0.3, 0.4) is 0 Å². The summed E-state index contributed by atoms with van der Waals surface area (Å²) < 4.78 is 0.888. The van der Waals surface area contributed by atoms with E-state index in [-0.39, 0.29) is 5.54 Å². The van der Waals surface area contributed by atoms with E-state index in [1.807, 2.05) is 20.8 Å². The van der Waals surface area contributed by atoms with Gasteiger partial charge in [-0.25, -0.2) is 0 Å². The molecule has 0 N–H and O–H groups in total. The summed E-state index contributed by atoms with van der Waals surface area (Å²) in [5, 5.41) is 19.9. The normalized spacial score (nSPS) is 12.0. The molecule has 0 aliphatic carbocycles. The standard InChI is InChI=1S/C10H12BrN4O/c1-10(2,3)15-12-8-6-7(11)4-5-9(8)14(16)13-15/h4-6H,1-3H3/q+1. The molecule has 0 spiro atoms. The number of benzene rings is 1. The number of fused-ring (bicyclic) bond motifs is 1. The molecule has 0 amide bonds. The van der Waals surface area contributed by atoms with Gasteiger partial charge < -0.3 is 5.21 Å². The van der Waals surface area contributed by atoms with Crippen molar-refractivity contribution >= 4 is 27.0 Å². The van der Waals surface area contributed by atoms with Crippen molar-refractivity contribution in [2.45, 2.75) is 26.3 Å². The zero-order valence-corrected chi connectivity index (χ0v) is 10.9. The van der Waals surface area contributed by atoms with Crippen LogP contribution in [0.1, 0.15) is 20.8 Å². The van der Waals surface area contributed by atoms with Crippen molar-refractivity contribution in [2.24, 2.45) is 0 Å². The number of aromatic nitrogens is 4. The molecule has 1 aromatic carbocycles. The van der Waals surface area contributed by atoms with Crippen LogP contribution in [0.5, 0.6) is 0 Å². The highest BCUT2D eigenvalue weighted by atomic mass is 79.9. The van der Waals surface area contributed by atoms with Gasteiger partial charge in [0.2, 0.25) is 11.1 Å². The highest BCUT2D eigenvalue weighted by Crippen LogP contribution is 2.14. The molecule has 2 aromatic rings. The summed E-state index contributed by atoms with van der Waals surface area (Å²) in [6.07, 6.45) is 0. The highest BCUT2D eigenvalue weighted by Gasteiger charge is 2.31. The third-order valence-electron chi connectivity index (χ3n) is 2.11. The van der Waals surface area contributed by atoms with E-state index in [1.165, 1.54) is 4.80 Å². The van der Waals surface area contributed by atoms with Crippen LogP contribution >= 0.6 is 15.9 Å². The van der Waals surface area contributed by atoms with Gasteiger partial charge in [0.15, 0.2) is 0 Å². The van der Waals surface area contributed by atoms with Crippen molar-refractivity contribution in [3.05, 3.63) is 27.9 Å². The minimum Gasteiger partial charge on any atom is -0.590 e. The van der Waals surface area contributed by atoms with Crippen molar-refractivity contribution in [2.75, 3.05) is 0 Å². The van der Waals surface area contributed by atoms with Crippen LogP contribution in [0.2, 0.25) is 0 Å². The van der Waals surface area contributed by atoms with Crippen molar-refractivity contribution in [1.82, 2.24) is 10.3 Å². The summed E-state index contributed by atoms with van der Waals surface area (Å²) in [6, 6.07) is 5.29. The third kappa shape index (κ3) is 1.97. The smallest absolute Gasteiger partial charge is 0.312 e. The third-order valence-corrected chi connectivity index (χ3v) is 2.61. The van der Waals surface area contributed by atoms with E-state index in [2.05, 4.69) is 26.2 Å². The van der Waals surface area contributed by atoms with Crippen LogP contribution in [-0.4, -0.2) is 10.3 Å².